The fraction of sp³-hybridized carbons (Fsp3) is 0.150. The van der Waals surface area contributed by atoms with E-state index >= 15 is 0 Å². The number of benzene rings is 2. The van der Waals surface area contributed by atoms with Gasteiger partial charge in [0, 0.05) is 6.54 Å². The predicted molar refractivity (Wildman–Crippen MR) is 107 cm³/mol. The Kier molecular flexibility index (Phi) is 6.22. The molecule has 0 aliphatic rings. The Morgan fingerprint density at radius 3 is 2.48 bits per heavy atom. The van der Waals surface area contributed by atoms with Gasteiger partial charge in [0.2, 0.25) is 0 Å². The second-order valence-electron chi connectivity index (χ2n) is 5.76. The van der Waals surface area contributed by atoms with Crippen LogP contribution in [0, 0.1) is 0 Å². The largest absolute Gasteiger partial charge is 0.497 e. The van der Waals surface area contributed by atoms with E-state index in [0.717, 1.165) is 12.2 Å². The van der Waals surface area contributed by atoms with Gasteiger partial charge in [-0.2, -0.15) is 0 Å². The van der Waals surface area contributed by atoms with E-state index in [0.29, 0.717) is 23.1 Å². The summed E-state index contributed by atoms with van der Waals surface area (Å²) in [6, 6.07) is 18.3. The molecule has 0 saturated carbocycles. The molecule has 0 aliphatic carbocycles. The summed E-state index contributed by atoms with van der Waals surface area (Å²) in [7, 11) is 1.65. The first-order valence-electron chi connectivity index (χ1n) is 8.42. The number of carbonyl (C=O) groups is 1. The van der Waals surface area contributed by atoms with Crippen molar-refractivity contribution in [1.82, 2.24) is 10.2 Å². The number of rotatable bonds is 7. The number of methoxy groups -OCH3 is 1. The molecule has 1 amide bonds. The van der Waals surface area contributed by atoms with Crippen LogP contribution >= 0.6 is 11.6 Å². The van der Waals surface area contributed by atoms with Crippen LogP contribution < -0.4 is 15.4 Å². The fourth-order valence-corrected chi connectivity index (χ4v) is 2.61. The summed E-state index contributed by atoms with van der Waals surface area (Å²) >= 11 is 6.04. The second-order valence-corrected chi connectivity index (χ2v) is 6.17. The van der Waals surface area contributed by atoms with Crippen LogP contribution in [0.4, 0.5) is 11.5 Å². The van der Waals surface area contributed by atoms with E-state index in [2.05, 4.69) is 20.8 Å². The standard InChI is InChI=1S/C20H19ClN4O2/c1-27-15-8-6-14(7-9-15)12-13-22-19-11-10-18(24-25-19)20(26)23-17-5-3-2-4-16(17)21/h2-11H,12-13H2,1H3,(H,22,25)(H,23,26). The van der Waals surface area contributed by atoms with Crippen molar-refractivity contribution in [3.8, 4) is 5.75 Å². The van der Waals surface area contributed by atoms with E-state index in [1.54, 1.807) is 43.5 Å². The Hall–Kier alpha value is -3.12. The first kappa shape index (κ1) is 18.7. The number of nitrogens with one attached hydrogen (secondary N) is 2. The van der Waals surface area contributed by atoms with Gasteiger partial charge in [0.1, 0.15) is 11.6 Å². The quantitative estimate of drug-likeness (QED) is 0.644. The van der Waals surface area contributed by atoms with Crippen LogP contribution in [0.2, 0.25) is 5.02 Å². The summed E-state index contributed by atoms with van der Waals surface area (Å²) < 4.78 is 5.14. The lowest BCUT2D eigenvalue weighted by Gasteiger charge is -2.08. The van der Waals surface area contributed by atoms with Crippen LogP contribution in [-0.2, 0) is 6.42 Å². The Labute approximate surface area is 162 Å². The van der Waals surface area contributed by atoms with Crippen molar-refractivity contribution in [2.75, 3.05) is 24.3 Å². The number of aromatic nitrogens is 2. The van der Waals surface area contributed by atoms with Crippen LogP contribution in [0.5, 0.6) is 5.75 Å². The van der Waals surface area contributed by atoms with Gasteiger partial charge in [0.15, 0.2) is 5.69 Å². The Morgan fingerprint density at radius 1 is 1.04 bits per heavy atom. The van der Waals surface area contributed by atoms with Gasteiger partial charge in [-0.05, 0) is 48.4 Å². The SMILES string of the molecule is COc1ccc(CCNc2ccc(C(=O)Nc3ccccc3Cl)nn2)cc1. The van der Waals surface area contributed by atoms with E-state index < -0.39 is 0 Å². The molecular formula is C20H19ClN4O2. The lowest BCUT2D eigenvalue weighted by Crippen LogP contribution is -2.15. The van der Waals surface area contributed by atoms with Gasteiger partial charge in [0.25, 0.3) is 5.91 Å². The predicted octanol–water partition coefficient (Wildman–Crippen LogP) is 4.05. The summed E-state index contributed by atoms with van der Waals surface area (Å²) in [5.74, 6) is 1.08. The van der Waals surface area contributed by atoms with Crippen molar-refractivity contribution in [3.05, 3.63) is 76.9 Å². The second kappa shape index (κ2) is 9.00. The molecule has 27 heavy (non-hydrogen) atoms. The minimum atomic E-state index is -0.361. The van der Waals surface area contributed by atoms with Crippen molar-refractivity contribution < 1.29 is 9.53 Å². The van der Waals surface area contributed by atoms with Crippen LogP contribution in [-0.4, -0.2) is 29.8 Å². The molecule has 6 nitrogen and oxygen atoms in total. The Morgan fingerprint density at radius 2 is 1.81 bits per heavy atom. The Bertz CT molecular complexity index is 899. The van der Waals surface area contributed by atoms with E-state index in [1.165, 1.54) is 5.56 Å². The topological polar surface area (TPSA) is 76.1 Å². The average Bonchev–Trinajstić information content (AvgIpc) is 2.71. The first-order chi connectivity index (χ1) is 13.2. The molecule has 0 aliphatic heterocycles. The monoisotopic (exact) mass is 382 g/mol. The van der Waals surface area contributed by atoms with Gasteiger partial charge in [0.05, 0.1) is 17.8 Å². The van der Waals surface area contributed by atoms with Crippen LogP contribution in [0.1, 0.15) is 16.1 Å². The van der Waals surface area contributed by atoms with E-state index in [1.807, 2.05) is 24.3 Å². The summed E-state index contributed by atoms with van der Waals surface area (Å²) in [6.07, 6.45) is 0.834. The zero-order valence-electron chi connectivity index (χ0n) is 14.8. The molecule has 3 aromatic rings. The van der Waals surface area contributed by atoms with Crippen LogP contribution in [0.15, 0.2) is 60.7 Å². The third-order valence-electron chi connectivity index (χ3n) is 3.90. The van der Waals surface area contributed by atoms with Gasteiger partial charge < -0.3 is 15.4 Å². The highest BCUT2D eigenvalue weighted by Gasteiger charge is 2.10. The lowest BCUT2D eigenvalue weighted by molar-refractivity contribution is 0.102. The number of hydrogen-bond acceptors (Lipinski definition) is 5. The first-order valence-corrected chi connectivity index (χ1v) is 8.80. The van der Waals surface area contributed by atoms with Gasteiger partial charge in [-0.25, -0.2) is 0 Å². The third kappa shape index (κ3) is 5.18. The van der Waals surface area contributed by atoms with Crippen LogP contribution in [0.3, 0.4) is 0 Å². The maximum atomic E-state index is 12.2. The summed E-state index contributed by atoms with van der Waals surface area (Å²) in [5.41, 5.74) is 1.94. The number of para-hydroxylation sites is 1. The molecule has 0 bridgehead atoms. The molecule has 1 aromatic heterocycles. The smallest absolute Gasteiger partial charge is 0.276 e. The lowest BCUT2D eigenvalue weighted by atomic mass is 10.1. The maximum absolute atomic E-state index is 12.2. The molecule has 138 valence electrons. The highest BCUT2D eigenvalue weighted by Crippen LogP contribution is 2.21. The van der Waals surface area contributed by atoms with Crippen molar-refractivity contribution in [3.63, 3.8) is 0 Å². The van der Waals surface area contributed by atoms with E-state index in [-0.39, 0.29) is 11.6 Å². The highest BCUT2D eigenvalue weighted by molar-refractivity contribution is 6.33. The molecule has 0 atom stereocenters. The number of anilines is 2. The molecule has 7 heteroatoms. The normalized spacial score (nSPS) is 10.3. The van der Waals surface area contributed by atoms with Crippen molar-refractivity contribution in [2.45, 2.75) is 6.42 Å². The molecule has 1 heterocycles. The molecule has 0 radical (unpaired) electrons. The number of nitrogens with zero attached hydrogens (tertiary/aromatic N) is 2. The minimum absolute atomic E-state index is 0.218. The van der Waals surface area contributed by atoms with E-state index in [9.17, 15) is 4.79 Å². The molecular weight excluding hydrogens is 364 g/mol. The summed E-state index contributed by atoms with van der Waals surface area (Å²) in [6.45, 7) is 0.701. The third-order valence-corrected chi connectivity index (χ3v) is 4.23. The number of carbonyl (C=O) groups excluding carboxylic acids is 1. The van der Waals surface area contributed by atoms with Gasteiger partial charge >= 0.3 is 0 Å². The van der Waals surface area contributed by atoms with Crippen molar-refractivity contribution in [1.29, 1.82) is 0 Å². The zero-order chi connectivity index (χ0) is 19.1. The number of ether oxygens (including phenoxy) is 1. The van der Waals surface area contributed by atoms with Crippen LogP contribution in [0.25, 0.3) is 0 Å². The van der Waals surface area contributed by atoms with Gasteiger partial charge in [-0.15, -0.1) is 10.2 Å². The van der Waals surface area contributed by atoms with Crippen molar-refractivity contribution >= 4 is 29.0 Å². The number of halogens is 1. The maximum Gasteiger partial charge on any atom is 0.276 e. The molecule has 3 rings (SSSR count). The minimum Gasteiger partial charge on any atom is -0.497 e. The highest BCUT2D eigenvalue weighted by atomic mass is 35.5. The van der Waals surface area contributed by atoms with E-state index in [4.69, 9.17) is 16.3 Å². The number of amides is 1. The average molecular weight is 383 g/mol. The summed E-state index contributed by atoms with van der Waals surface area (Å²) in [5, 5.41) is 14.4. The molecule has 2 N–H and O–H groups in total. The molecule has 0 spiro atoms. The number of hydrogen-bond donors (Lipinski definition) is 2. The fourth-order valence-electron chi connectivity index (χ4n) is 2.42. The summed E-state index contributed by atoms with van der Waals surface area (Å²) in [4.78, 5) is 12.2. The Balaban J connectivity index is 1.52. The molecule has 0 unspecified atom stereocenters. The molecule has 0 fully saturated rings. The van der Waals surface area contributed by atoms with Gasteiger partial charge in [-0.1, -0.05) is 35.9 Å². The van der Waals surface area contributed by atoms with Gasteiger partial charge in [-0.3, -0.25) is 4.79 Å². The van der Waals surface area contributed by atoms with Crippen molar-refractivity contribution in [2.24, 2.45) is 0 Å². The molecule has 0 saturated heterocycles. The molecule has 2 aromatic carbocycles. The zero-order valence-corrected chi connectivity index (χ0v) is 15.5.